The van der Waals surface area contributed by atoms with Gasteiger partial charge in [-0.3, -0.25) is 14.9 Å². The minimum atomic E-state index is -0.490. The molecular weight excluding hydrogens is 348 g/mol. The van der Waals surface area contributed by atoms with Crippen molar-refractivity contribution in [3.8, 4) is 0 Å². The van der Waals surface area contributed by atoms with E-state index in [-0.39, 0.29) is 17.6 Å². The first-order valence-electron chi connectivity index (χ1n) is 9.16. The Labute approximate surface area is 156 Å². The Morgan fingerprint density at radius 1 is 1.19 bits per heavy atom. The van der Waals surface area contributed by atoms with Crippen LogP contribution in [-0.2, 0) is 4.79 Å². The first-order chi connectivity index (χ1) is 12.6. The van der Waals surface area contributed by atoms with Crippen LogP contribution in [0.3, 0.4) is 0 Å². The molecule has 0 aliphatic heterocycles. The van der Waals surface area contributed by atoms with Gasteiger partial charge in [-0.05, 0) is 50.2 Å². The van der Waals surface area contributed by atoms with Gasteiger partial charge < -0.3 is 4.52 Å². The van der Waals surface area contributed by atoms with Crippen LogP contribution >= 0.6 is 11.8 Å². The number of aromatic nitrogens is 1. The predicted molar refractivity (Wildman–Crippen MR) is 97.8 cm³/mol. The number of nitrogens with one attached hydrogen (secondary N) is 1. The van der Waals surface area contributed by atoms with E-state index in [1.54, 1.807) is 6.92 Å². The van der Waals surface area contributed by atoms with Gasteiger partial charge in [0.25, 0.3) is 5.91 Å². The molecule has 2 aliphatic carbocycles. The lowest BCUT2D eigenvalue weighted by Crippen LogP contribution is -2.37. The molecule has 136 valence electrons. The van der Waals surface area contributed by atoms with Gasteiger partial charge in [0.15, 0.2) is 0 Å². The van der Waals surface area contributed by atoms with E-state index in [0.717, 1.165) is 24.2 Å². The molecule has 2 fully saturated rings. The summed E-state index contributed by atoms with van der Waals surface area (Å²) in [6.07, 6.45) is 5.55. The highest BCUT2D eigenvalue weighted by molar-refractivity contribution is 7.99. The first kappa shape index (κ1) is 17.3. The van der Waals surface area contributed by atoms with Crippen LogP contribution in [0.5, 0.6) is 0 Å². The second-order valence-electron chi connectivity index (χ2n) is 7.29. The zero-order chi connectivity index (χ0) is 18.1. The number of rotatable bonds is 4. The van der Waals surface area contributed by atoms with Crippen LogP contribution < -0.4 is 5.32 Å². The van der Waals surface area contributed by atoms with Crippen molar-refractivity contribution >= 4 is 23.6 Å². The summed E-state index contributed by atoms with van der Waals surface area (Å²) in [6.45, 7) is 1.80. The summed E-state index contributed by atoms with van der Waals surface area (Å²) >= 11 is 1.42. The van der Waals surface area contributed by atoms with Gasteiger partial charge in [0.2, 0.25) is 11.7 Å². The SMILES string of the molecule is Cc1noc(C(=O)NC(=O)C2CC3CCCC2C3)c1Sc1ccccc1. The smallest absolute Gasteiger partial charge is 0.297 e. The summed E-state index contributed by atoms with van der Waals surface area (Å²) in [6, 6.07) is 9.74. The molecule has 3 unspecified atom stereocenters. The maximum atomic E-state index is 12.6. The maximum Gasteiger partial charge on any atom is 0.297 e. The zero-order valence-electron chi connectivity index (χ0n) is 14.7. The summed E-state index contributed by atoms with van der Waals surface area (Å²) in [5, 5.41) is 6.49. The van der Waals surface area contributed by atoms with Gasteiger partial charge in [-0.15, -0.1) is 0 Å². The number of nitrogens with zero attached hydrogens (tertiary/aromatic N) is 1. The number of amides is 2. The average molecular weight is 370 g/mol. The Morgan fingerprint density at radius 2 is 2.00 bits per heavy atom. The quantitative estimate of drug-likeness (QED) is 0.816. The van der Waals surface area contributed by atoms with E-state index >= 15 is 0 Å². The lowest BCUT2D eigenvalue weighted by molar-refractivity contribution is -0.125. The number of hydrogen-bond donors (Lipinski definition) is 1. The summed E-state index contributed by atoms with van der Waals surface area (Å²) in [5.74, 6) is 0.503. The highest BCUT2D eigenvalue weighted by Crippen LogP contribution is 2.46. The minimum absolute atomic E-state index is 0.0410. The number of benzene rings is 1. The third kappa shape index (κ3) is 3.43. The summed E-state index contributed by atoms with van der Waals surface area (Å²) in [4.78, 5) is 26.9. The minimum Gasteiger partial charge on any atom is -0.349 e. The monoisotopic (exact) mass is 370 g/mol. The molecule has 2 aromatic rings. The van der Waals surface area contributed by atoms with E-state index < -0.39 is 5.91 Å². The number of hydrogen-bond acceptors (Lipinski definition) is 5. The van der Waals surface area contributed by atoms with Gasteiger partial charge in [-0.2, -0.15) is 0 Å². The molecule has 0 radical (unpaired) electrons. The highest BCUT2D eigenvalue weighted by Gasteiger charge is 2.41. The third-order valence-electron chi connectivity index (χ3n) is 5.53. The van der Waals surface area contributed by atoms with Gasteiger partial charge in [0.1, 0.15) is 0 Å². The summed E-state index contributed by atoms with van der Waals surface area (Å²) in [7, 11) is 0. The van der Waals surface area contributed by atoms with Crippen molar-refractivity contribution < 1.29 is 14.1 Å². The molecule has 5 nitrogen and oxygen atoms in total. The van der Waals surface area contributed by atoms with Crippen molar-refractivity contribution in [1.29, 1.82) is 0 Å². The molecule has 2 amide bonds. The van der Waals surface area contributed by atoms with Gasteiger partial charge in [0, 0.05) is 10.8 Å². The van der Waals surface area contributed by atoms with E-state index in [2.05, 4.69) is 10.5 Å². The molecule has 6 heteroatoms. The first-order valence-corrected chi connectivity index (χ1v) is 9.98. The molecular formula is C20H22N2O3S. The number of fused-ring (bicyclic) bond motifs is 2. The van der Waals surface area contributed by atoms with Gasteiger partial charge >= 0.3 is 0 Å². The van der Waals surface area contributed by atoms with Crippen molar-refractivity contribution in [1.82, 2.24) is 10.5 Å². The zero-order valence-corrected chi connectivity index (χ0v) is 15.6. The number of aryl methyl sites for hydroxylation is 1. The van der Waals surface area contributed by atoms with Crippen LogP contribution in [-0.4, -0.2) is 17.0 Å². The second kappa shape index (κ2) is 7.27. The van der Waals surface area contributed by atoms with Crippen molar-refractivity contribution in [3.63, 3.8) is 0 Å². The fraction of sp³-hybridized carbons (Fsp3) is 0.450. The van der Waals surface area contributed by atoms with E-state index in [1.165, 1.54) is 24.6 Å². The van der Waals surface area contributed by atoms with Gasteiger partial charge in [0.05, 0.1) is 10.6 Å². The molecule has 0 saturated heterocycles. The van der Waals surface area contributed by atoms with Gasteiger partial charge in [-0.25, -0.2) is 0 Å². The van der Waals surface area contributed by atoms with Gasteiger partial charge in [-0.1, -0.05) is 48.0 Å². The van der Waals surface area contributed by atoms with Crippen LogP contribution in [0.15, 0.2) is 44.6 Å². The Morgan fingerprint density at radius 3 is 2.77 bits per heavy atom. The van der Waals surface area contributed by atoms with Crippen molar-refractivity contribution in [2.75, 3.05) is 0 Å². The topological polar surface area (TPSA) is 72.2 Å². The molecule has 4 rings (SSSR count). The Balaban J connectivity index is 1.47. The maximum absolute atomic E-state index is 12.6. The molecule has 26 heavy (non-hydrogen) atoms. The summed E-state index contributed by atoms with van der Waals surface area (Å²) in [5.41, 5.74) is 0.646. The molecule has 1 heterocycles. The Bertz CT molecular complexity index is 818. The standard InChI is InChI=1S/C20H22N2O3S/c1-12-18(26-15-8-3-2-4-9-15)17(25-22-12)20(24)21-19(23)16-11-13-6-5-7-14(16)10-13/h2-4,8-9,13-14,16H,5-7,10-11H2,1H3,(H,21,23,24). The Kier molecular flexibility index (Phi) is 4.85. The molecule has 1 N–H and O–H groups in total. The average Bonchev–Trinajstić information content (AvgIpc) is 3.15. The number of imide groups is 1. The lowest BCUT2D eigenvalue weighted by Gasteiger charge is -2.20. The largest absolute Gasteiger partial charge is 0.349 e. The van der Waals surface area contributed by atoms with Crippen LogP contribution in [0.4, 0.5) is 0 Å². The van der Waals surface area contributed by atoms with E-state index in [9.17, 15) is 9.59 Å². The normalized spacial score (nSPS) is 24.4. The third-order valence-corrected chi connectivity index (χ3v) is 6.72. The lowest BCUT2D eigenvalue weighted by atomic mass is 9.87. The second-order valence-corrected chi connectivity index (χ2v) is 8.38. The molecule has 2 aliphatic rings. The molecule has 2 saturated carbocycles. The molecule has 3 atom stereocenters. The van der Waals surface area contributed by atoms with Crippen LogP contribution in [0.25, 0.3) is 0 Å². The van der Waals surface area contributed by atoms with Crippen LogP contribution in [0.1, 0.15) is 48.4 Å². The predicted octanol–water partition coefficient (Wildman–Crippen LogP) is 4.22. The highest BCUT2D eigenvalue weighted by atomic mass is 32.2. The van der Waals surface area contributed by atoms with Crippen LogP contribution in [0, 0.1) is 24.7 Å². The fourth-order valence-electron chi connectivity index (χ4n) is 4.28. The Hall–Kier alpha value is -2.08. The molecule has 1 aromatic carbocycles. The van der Waals surface area contributed by atoms with Crippen molar-refractivity contribution in [3.05, 3.63) is 41.8 Å². The number of carbonyl (C=O) groups excluding carboxylic acids is 2. The summed E-state index contributed by atoms with van der Waals surface area (Å²) < 4.78 is 5.24. The van der Waals surface area contributed by atoms with Crippen LogP contribution in [0.2, 0.25) is 0 Å². The molecule has 2 bridgehead atoms. The molecule has 1 aromatic heterocycles. The van der Waals surface area contributed by atoms with Crippen molar-refractivity contribution in [2.24, 2.45) is 17.8 Å². The van der Waals surface area contributed by atoms with E-state index in [1.807, 2.05) is 30.3 Å². The van der Waals surface area contributed by atoms with E-state index in [4.69, 9.17) is 4.52 Å². The molecule has 0 spiro atoms. The number of carbonyl (C=O) groups is 2. The fourth-order valence-corrected chi connectivity index (χ4v) is 5.22. The van der Waals surface area contributed by atoms with Crippen molar-refractivity contribution in [2.45, 2.75) is 48.8 Å². The van der Waals surface area contributed by atoms with E-state index in [0.29, 0.717) is 22.4 Å².